The number of nitrogens with zero attached hydrogens (tertiary/aromatic N) is 3. The van der Waals surface area contributed by atoms with Gasteiger partial charge in [0.15, 0.2) is 0 Å². The lowest BCUT2D eigenvalue weighted by Gasteiger charge is -2.27. The van der Waals surface area contributed by atoms with Crippen LogP contribution in [0.2, 0.25) is 0 Å². The number of nitrogens with two attached hydrogens (primary N) is 1. The molecule has 1 aromatic carbocycles. The van der Waals surface area contributed by atoms with Crippen LogP contribution in [0.4, 0.5) is 0 Å². The molecule has 1 aliphatic rings. The van der Waals surface area contributed by atoms with E-state index >= 15 is 0 Å². The smallest absolute Gasteiger partial charge is 0.339 e. The Morgan fingerprint density at radius 2 is 2.00 bits per heavy atom. The van der Waals surface area contributed by atoms with E-state index in [1.165, 1.54) is 18.2 Å². The second-order valence-electron chi connectivity index (χ2n) is 4.23. The monoisotopic (exact) mass is 280 g/mol. The quantitative estimate of drug-likeness (QED) is 0.828. The predicted molar refractivity (Wildman–Crippen MR) is 68.3 cm³/mol. The molecule has 0 bridgehead atoms. The summed E-state index contributed by atoms with van der Waals surface area (Å²) in [5, 5.41) is 36.5. The zero-order valence-electron chi connectivity index (χ0n) is 10.6. The highest BCUT2D eigenvalue weighted by atomic mass is 16.5. The van der Waals surface area contributed by atoms with E-state index in [1.54, 1.807) is 12.1 Å². The molecule has 2 rings (SSSR count). The summed E-state index contributed by atoms with van der Waals surface area (Å²) in [4.78, 5) is 11.2. The molecular formula is C14H8N4O3. The lowest BCUT2D eigenvalue weighted by atomic mass is 9.80. The molecule has 1 atom stereocenters. The molecule has 0 fully saturated rings. The molecule has 0 aliphatic carbocycles. The molecule has 102 valence electrons. The molecule has 0 spiro atoms. The van der Waals surface area contributed by atoms with Gasteiger partial charge in [-0.2, -0.15) is 15.8 Å². The topological polar surface area (TPSA) is 144 Å². The molecule has 1 aliphatic heterocycles. The fourth-order valence-corrected chi connectivity index (χ4v) is 2.20. The van der Waals surface area contributed by atoms with E-state index in [-0.39, 0.29) is 28.3 Å². The van der Waals surface area contributed by atoms with E-state index in [0.717, 1.165) is 0 Å². The molecule has 1 heterocycles. The third kappa shape index (κ3) is 2.11. The molecule has 0 saturated carbocycles. The minimum absolute atomic E-state index is 0.0398. The van der Waals surface area contributed by atoms with Gasteiger partial charge in [0.1, 0.15) is 23.3 Å². The van der Waals surface area contributed by atoms with Crippen molar-refractivity contribution in [2.75, 3.05) is 0 Å². The van der Waals surface area contributed by atoms with Gasteiger partial charge in [-0.1, -0.05) is 12.1 Å². The SMILES string of the molecule is N#CC1=C(N)Oc2c(C(=O)O)cccc2C1C(C#N)C#N. The van der Waals surface area contributed by atoms with Gasteiger partial charge in [-0.05, 0) is 6.07 Å². The van der Waals surface area contributed by atoms with Crippen molar-refractivity contribution in [3.05, 3.63) is 40.8 Å². The van der Waals surface area contributed by atoms with Crippen molar-refractivity contribution in [1.29, 1.82) is 15.8 Å². The van der Waals surface area contributed by atoms with Crippen molar-refractivity contribution in [1.82, 2.24) is 0 Å². The number of para-hydroxylation sites is 1. The number of allylic oxidation sites excluding steroid dienone is 1. The number of carboxylic acids is 1. The average Bonchev–Trinajstić information content (AvgIpc) is 2.47. The number of carboxylic acid groups (broad SMARTS) is 1. The summed E-state index contributed by atoms with van der Waals surface area (Å²) in [5.41, 5.74) is 5.72. The summed E-state index contributed by atoms with van der Waals surface area (Å²) in [6, 6.07) is 9.69. The maximum atomic E-state index is 11.2. The number of carbonyl (C=O) groups is 1. The number of ether oxygens (including phenoxy) is 1. The van der Waals surface area contributed by atoms with Gasteiger partial charge in [0.2, 0.25) is 5.88 Å². The summed E-state index contributed by atoms with van der Waals surface area (Å²) in [5.74, 6) is -3.68. The lowest BCUT2D eigenvalue weighted by Crippen LogP contribution is -2.25. The highest BCUT2D eigenvalue weighted by Crippen LogP contribution is 2.43. The van der Waals surface area contributed by atoms with Crippen LogP contribution in [-0.4, -0.2) is 11.1 Å². The van der Waals surface area contributed by atoms with Crippen LogP contribution >= 0.6 is 0 Å². The first-order valence-corrected chi connectivity index (χ1v) is 5.78. The Labute approximate surface area is 119 Å². The van der Waals surface area contributed by atoms with Crippen molar-refractivity contribution in [2.45, 2.75) is 5.92 Å². The number of hydrogen-bond donors (Lipinski definition) is 2. The Morgan fingerprint density at radius 3 is 2.52 bits per heavy atom. The minimum Gasteiger partial charge on any atom is -0.478 e. The van der Waals surface area contributed by atoms with E-state index in [9.17, 15) is 10.1 Å². The van der Waals surface area contributed by atoms with Crippen molar-refractivity contribution in [2.24, 2.45) is 11.7 Å². The van der Waals surface area contributed by atoms with Crippen LogP contribution in [0.3, 0.4) is 0 Å². The van der Waals surface area contributed by atoms with Crippen LogP contribution in [0, 0.1) is 39.9 Å². The van der Waals surface area contributed by atoms with E-state index in [0.29, 0.717) is 0 Å². The number of benzene rings is 1. The first-order chi connectivity index (χ1) is 10.0. The van der Waals surface area contributed by atoms with Crippen molar-refractivity contribution < 1.29 is 14.6 Å². The summed E-state index contributed by atoms with van der Waals surface area (Å²) in [7, 11) is 0. The standard InChI is InChI=1S/C14H8N4O3/c15-4-7(5-16)11-8-2-1-3-9(14(19)20)12(8)21-13(18)10(11)6-17/h1-3,7,11H,18H2,(H,19,20). The van der Waals surface area contributed by atoms with Crippen LogP contribution in [0.1, 0.15) is 21.8 Å². The first kappa shape index (κ1) is 13.9. The zero-order valence-corrected chi connectivity index (χ0v) is 10.6. The Kier molecular flexibility index (Phi) is 3.47. The summed E-state index contributed by atoms with van der Waals surface area (Å²) < 4.78 is 5.23. The molecule has 0 saturated heterocycles. The Balaban J connectivity index is 2.75. The minimum atomic E-state index is -1.23. The maximum absolute atomic E-state index is 11.2. The van der Waals surface area contributed by atoms with Crippen LogP contribution in [-0.2, 0) is 0 Å². The van der Waals surface area contributed by atoms with Gasteiger partial charge in [0.05, 0.1) is 23.6 Å². The van der Waals surface area contributed by atoms with Gasteiger partial charge in [-0.25, -0.2) is 4.79 Å². The van der Waals surface area contributed by atoms with Gasteiger partial charge in [0.25, 0.3) is 0 Å². The normalized spacial score (nSPS) is 16.2. The maximum Gasteiger partial charge on any atom is 0.339 e. The lowest BCUT2D eigenvalue weighted by molar-refractivity contribution is 0.0693. The molecule has 0 aromatic heterocycles. The molecule has 1 unspecified atom stereocenters. The van der Waals surface area contributed by atoms with Crippen molar-refractivity contribution in [3.63, 3.8) is 0 Å². The van der Waals surface area contributed by atoms with Crippen molar-refractivity contribution >= 4 is 5.97 Å². The second-order valence-corrected chi connectivity index (χ2v) is 4.23. The summed E-state index contributed by atoms with van der Waals surface area (Å²) in [6.07, 6.45) is 0. The number of hydrogen-bond acceptors (Lipinski definition) is 6. The molecule has 7 heteroatoms. The number of rotatable bonds is 2. The molecule has 3 N–H and O–H groups in total. The average molecular weight is 280 g/mol. The molecule has 0 radical (unpaired) electrons. The molecule has 7 nitrogen and oxygen atoms in total. The fourth-order valence-electron chi connectivity index (χ4n) is 2.20. The first-order valence-electron chi connectivity index (χ1n) is 5.78. The second kappa shape index (κ2) is 5.24. The molecule has 0 amide bonds. The molecule has 21 heavy (non-hydrogen) atoms. The van der Waals surface area contributed by atoms with Crippen LogP contribution in [0.25, 0.3) is 0 Å². The number of aromatic carboxylic acids is 1. The Hall–Kier alpha value is -3.50. The molecule has 1 aromatic rings. The number of fused-ring (bicyclic) bond motifs is 1. The fraction of sp³-hybridized carbons (Fsp3) is 0.143. The van der Waals surface area contributed by atoms with Gasteiger partial charge < -0.3 is 15.6 Å². The predicted octanol–water partition coefficient (Wildman–Crippen LogP) is 1.22. The van der Waals surface area contributed by atoms with E-state index < -0.39 is 17.8 Å². The van der Waals surface area contributed by atoms with Gasteiger partial charge >= 0.3 is 5.97 Å². The highest BCUT2D eigenvalue weighted by molar-refractivity contribution is 5.92. The third-order valence-electron chi connectivity index (χ3n) is 3.13. The number of nitriles is 3. The van der Waals surface area contributed by atoms with Crippen LogP contribution < -0.4 is 10.5 Å². The van der Waals surface area contributed by atoms with E-state index in [1.807, 2.05) is 6.07 Å². The third-order valence-corrected chi connectivity index (χ3v) is 3.13. The van der Waals surface area contributed by atoms with Gasteiger partial charge in [0, 0.05) is 5.56 Å². The van der Waals surface area contributed by atoms with Crippen LogP contribution in [0.15, 0.2) is 29.7 Å². The van der Waals surface area contributed by atoms with Gasteiger partial charge in [-0.3, -0.25) is 0 Å². The van der Waals surface area contributed by atoms with E-state index in [2.05, 4.69) is 0 Å². The highest BCUT2D eigenvalue weighted by Gasteiger charge is 2.37. The van der Waals surface area contributed by atoms with Gasteiger partial charge in [-0.15, -0.1) is 0 Å². The largest absolute Gasteiger partial charge is 0.478 e. The van der Waals surface area contributed by atoms with Crippen molar-refractivity contribution in [3.8, 4) is 24.0 Å². The van der Waals surface area contributed by atoms with Crippen LogP contribution in [0.5, 0.6) is 5.75 Å². The summed E-state index contributed by atoms with van der Waals surface area (Å²) >= 11 is 0. The summed E-state index contributed by atoms with van der Waals surface area (Å²) in [6.45, 7) is 0. The molecular weight excluding hydrogens is 272 g/mol. The van der Waals surface area contributed by atoms with E-state index in [4.69, 9.17) is 26.1 Å². The Morgan fingerprint density at radius 1 is 1.33 bits per heavy atom. The Bertz CT molecular complexity index is 763. The zero-order chi connectivity index (χ0) is 15.6.